The Morgan fingerprint density at radius 2 is 1.93 bits per heavy atom. The van der Waals surface area contributed by atoms with Gasteiger partial charge in [0, 0.05) is 18.6 Å². The largest absolute Gasteiger partial charge is 0.447 e. The highest BCUT2D eigenvalue weighted by Gasteiger charge is 2.19. The van der Waals surface area contributed by atoms with Crippen molar-refractivity contribution in [3.8, 4) is 0 Å². The molecule has 0 radical (unpaired) electrons. The number of hydrogen-bond acceptors (Lipinski definition) is 4. The number of aromatic nitrogens is 1. The maximum atomic E-state index is 12.2. The molecule has 0 fully saturated rings. The highest BCUT2D eigenvalue weighted by molar-refractivity contribution is 5.92. The van der Waals surface area contributed by atoms with E-state index in [2.05, 4.69) is 61.1 Å². The van der Waals surface area contributed by atoms with Crippen molar-refractivity contribution >= 4 is 5.91 Å². The van der Waals surface area contributed by atoms with Crippen LogP contribution in [0.4, 0.5) is 0 Å². The van der Waals surface area contributed by atoms with Crippen LogP contribution in [0.1, 0.15) is 73.6 Å². The molecule has 5 nitrogen and oxygen atoms in total. The van der Waals surface area contributed by atoms with Gasteiger partial charge in [0.25, 0.3) is 5.91 Å². The van der Waals surface area contributed by atoms with Gasteiger partial charge in [-0.25, -0.2) is 4.98 Å². The lowest BCUT2D eigenvalue weighted by Gasteiger charge is -2.28. The molecule has 1 amide bonds. The number of nitrogens with one attached hydrogen (secondary N) is 1. The first kappa shape index (κ1) is 21.2. The Hall–Kier alpha value is -2.14. The Balaban J connectivity index is 2.12. The number of carbonyl (C=O) groups excluding carboxylic acids is 1. The molecule has 5 heteroatoms. The monoisotopic (exact) mass is 371 g/mol. The summed E-state index contributed by atoms with van der Waals surface area (Å²) in [5.41, 5.74) is 4.22. The normalized spacial score (nSPS) is 13.6. The third-order valence-corrected chi connectivity index (χ3v) is 5.20. The highest BCUT2D eigenvalue weighted by Crippen LogP contribution is 2.18. The first-order valence-electron chi connectivity index (χ1n) is 9.89. The molecule has 0 bridgehead atoms. The molecule has 2 rings (SSSR count). The van der Waals surface area contributed by atoms with Gasteiger partial charge in [0.15, 0.2) is 5.69 Å². The number of oxazole rings is 1. The molecule has 1 N–H and O–H groups in total. The molecule has 27 heavy (non-hydrogen) atoms. The minimum Gasteiger partial charge on any atom is -0.447 e. The van der Waals surface area contributed by atoms with Gasteiger partial charge in [-0.15, -0.1) is 0 Å². The van der Waals surface area contributed by atoms with Crippen molar-refractivity contribution in [1.29, 1.82) is 0 Å². The van der Waals surface area contributed by atoms with Crippen molar-refractivity contribution in [3.05, 3.63) is 52.7 Å². The first-order valence-corrected chi connectivity index (χ1v) is 9.89. The van der Waals surface area contributed by atoms with Crippen LogP contribution in [-0.2, 0) is 13.1 Å². The molecule has 0 spiro atoms. The Bertz CT molecular complexity index is 754. The fourth-order valence-electron chi connectivity index (χ4n) is 2.88. The van der Waals surface area contributed by atoms with Crippen molar-refractivity contribution in [2.75, 3.05) is 0 Å². The van der Waals surface area contributed by atoms with Crippen molar-refractivity contribution in [3.63, 3.8) is 0 Å². The van der Waals surface area contributed by atoms with Crippen LogP contribution >= 0.6 is 0 Å². The summed E-state index contributed by atoms with van der Waals surface area (Å²) in [5.74, 6) is 0.402. The number of hydrogen-bond donors (Lipinski definition) is 1. The van der Waals surface area contributed by atoms with Crippen molar-refractivity contribution < 1.29 is 9.21 Å². The van der Waals surface area contributed by atoms with Crippen LogP contribution in [0.15, 0.2) is 28.9 Å². The van der Waals surface area contributed by atoms with Crippen molar-refractivity contribution in [2.45, 2.75) is 79.6 Å². The molecular formula is C22H33N3O2. The Morgan fingerprint density at radius 3 is 2.59 bits per heavy atom. The minimum absolute atomic E-state index is 0.124. The second-order valence-corrected chi connectivity index (χ2v) is 7.50. The van der Waals surface area contributed by atoms with Crippen LogP contribution in [0.25, 0.3) is 0 Å². The van der Waals surface area contributed by atoms with E-state index in [0.29, 0.717) is 24.2 Å². The summed E-state index contributed by atoms with van der Waals surface area (Å²) in [6.45, 7) is 14.1. The molecule has 2 aromatic rings. The number of nitrogens with zero attached hydrogens (tertiary/aromatic N) is 2. The van der Waals surface area contributed by atoms with Gasteiger partial charge in [-0.1, -0.05) is 37.6 Å². The van der Waals surface area contributed by atoms with E-state index < -0.39 is 0 Å². The maximum absolute atomic E-state index is 12.2. The first-order chi connectivity index (χ1) is 12.8. The molecule has 148 valence electrons. The molecular weight excluding hydrogens is 338 g/mol. The van der Waals surface area contributed by atoms with Gasteiger partial charge in [-0.2, -0.15) is 0 Å². The van der Waals surface area contributed by atoms with Gasteiger partial charge in [0.2, 0.25) is 5.89 Å². The summed E-state index contributed by atoms with van der Waals surface area (Å²) in [6.07, 6.45) is 3.38. The predicted octanol–water partition coefficient (Wildman–Crippen LogP) is 4.62. The average molecular weight is 372 g/mol. The SMILES string of the molecule is CCC(C)NC(=O)c1coc(CN(Cc2cc(C)ccc2C)C(C)CC)n1. The van der Waals surface area contributed by atoms with E-state index in [0.717, 1.165) is 19.4 Å². The van der Waals surface area contributed by atoms with Crippen molar-refractivity contribution in [1.82, 2.24) is 15.2 Å². The van der Waals surface area contributed by atoms with Crippen LogP contribution in [0.3, 0.4) is 0 Å². The van der Waals surface area contributed by atoms with Crippen LogP contribution in [0.2, 0.25) is 0 Å². The second kappa shape index (κ2) is 9.70. The summed E-state index contributed by atoms with van der Waals surface area (Å²) < 4.78 is 5.60. The third kappa shape index (κ3) is 5.93. The summed E-state index contributed by atoms with van der Waals surface area (Å²) in [7, 11) is 0. The van der Waals surface area contributed by atoms with Gasteiger partial charge >= 0.3 is 0 Å². The summed E-state index contributed by atoms with van der Waals surface area (Å²) in [4.78, 5) is 19.0. The highest BCUT2D eigenvalue weighted by atomic mass is 16.3. The Morgan fingerprint density at radius 1 is 1.19 bits per heavy atom. The van der Waals surface area contributed by atoms with Crippen LogP contribution in [0, 0.1) is 13.8 Å². The third-order valence-electron chi connectivity index (χ3n) is 5.20. The zero-order chi connectivity index (χ0) is 20.0. The van der Waals surface area contributed by atoms with Gasteiger partial charge in [0.05, 0.1) is 6.54 Å². The molecule has 0 saturated heterocycles. The molecule has 1 aromatic carbocycles. The molecule has 0 saturated carbocycles. The van der Waals surface area contributed by atoms with E-state index in [4.69, 9.17) is 4.42 Å². The molecule has 0 aliphatic heterocycles. The van der Waals surface area contributed by atoms with Crippen molar-refractivity contribution in [2.24, 2.45) is 0 Å². The fourth-order valence-corrected chi connectivity index (χ4v) is 2.88. The number of aryl methyl sites for hydroxylation is 2. The summed E-state index contributed by atoms with van der Waals surface area (Å²) in [6, 6.07) is 7.06. The lowest BCUT2D eigenvalue weighted by atomic mass is 10.0. The van der Waals surface area contributed by atoms with Gasteiger partial charge in [-0.3, -0.25) is 9.69 Å². The quantitative estimate of drug-likeness (QED) is 0.699. The van der Waals surface area contributed by atoms with E-state index >= 15 is 0 Å². The summed E-state index contributed by atoms with van der Waals surface area (Å²) >= 11 is 0. The minimum atomic E-state index is -0.177. The second-order valence-electron chi connectivity index (χ2n) is 7.50. The molecule has 2 atom stereocenters. The Kier molecular flexibility index (Phi) is 7.60. The smallest absolute Gasteiger partial charge is 0.273 e. The van der Waals surface area contributed by atoms with Crippen LogP contribution in [0.5, 0.6) is 0 Å². The zero-order valence-electron chi connectivity index (χ0n) is 17.5. The lowest BCUT2D eigenvalue weighted by molar-refractivity contribution is 0.0934. The zero-order valence-corrected chi connectivity index (χ0v) is 17.5. The molecule has 1 heterocycles. The number of benzene rings is 1. The van der Waals surface area contributed by atoms with E-state index in [9.17, 15) is 4.79 Å². The Labute approximate surface area is 163 Å². The molecule has 1 aromatic heterocycles. The summed E-state index contributed by atoms with van der Waals surface area (Å²) in [5, 5.41) is 2.92. The fraction of sp³-hybridized carbons (Fsp3) is 0.545. The lowest BCUT2D eigenvalue weighted by Crippen LogP contribution is -2.33. The van der Waals surface area contributed by atoms with E-state index in [1.54, 1.807) is 0 Å². The van der Waals surface area contributed by atoms with Crippen LogP contribution in [-0.4, -0.2) is 27.9 Å². The number of rotatable bonds is 9. The molecule has 0 aliphatic carbocycles. The molecule has 0 aliphatic rings. The van der Waals surface area contributed by atoms with Gasteiger partial charge in [0.1, 0.15) is 6.26 Å². The predicted molar refractivity (Wildman–Crippen MR) is 109 cm³/mol. The molecule has 2 unspecified atom stereocenters. The van der Waals surface area contributed by atoms with E-state index in [1.807, 2.05) is 13.8 Å². The standard InChI is InChI=1S/C22H33N3O2/c1-7-17(5)23-22(26)20-14-27-21(24-20)13-25(18(6)8-2)12-19-11-15(3)9-10-16(19)4/h9-11,14,17-18H,7-8,12-13H2,1-6H3,(H,23,26). The van der Waals surface area contributed by atoms with Gasteiger partial charge < -0.3 is 9.73 Å². The topological polar surface area (TPSA) is 58.4 Å². The van der Waals surface area contributed by atoms with Gasteiger partial charge in [-0.05, 0) is 51.7 Å². The van der Waals surface area contributed by atoms with E-state index in [-0.39, 0.29) is 11.9 Å². The maximum Gasteiger partial charge on any atom is 0.273 e. The number of amides is 1. The average Bonchev–Trinajstić information content (AvgIpc) is 3.12. The number of carbonyl (C=O) groups is 1. The van der Waals surface area contributed by atoms with Crippen LogP contribution < -0.4 is 5.32 Å². The van der Waals surface area contributed by atoms with E-state index in [1.165, 1.54) is 23.0 Å².